The Balaban J connectivity index is 2.17. The second kappa shape index (κ2) is 8.88. The molecular formula is C17H25N5O3S. The van der Waals surface area contributed by atoms with Gasteiger partial charge < -0.3 is 14.4 Å². The van der Waals surface area contributed by atoms with Crippen LogP contribution in [0.1, 0.15) is 27.7 Å². The van der Waals surface area contributed by atoms with Gasteiger partial charge in [0, 0.05) is 18.2 Å². The van der Waals surface area contributed by atoms with E-state index in [-0.39, 0.29) is 23.7 Å². The lowest BCUT2D eigenvalue weighted by Gasteiger charge is -2.30. The second-order valence-corrected chi connectivity index (χ2v) is 7.13. The van der Waals surface area contributed by atoms with Crippen molar-refractivity contribution in [2.24, 2.45) is 0 Å². The van der Waals surface area contributed by atoms with E-state index in [9.17, 15) is 4.79 Å². The number of aromatic nitrogens is 4. The van der Waals surface area contributed by atoms with Crippen LogP contribution in [0.15, 0.2) is 23.4 Å². The molecule has 8 nitrogen and oxygen atoms in total. The van der Waals surface area contributed by atoms with Crippen molar-refractivity contribution in [2.75, 3.05) is 20.0 Å². The first kappa shape index (κ1) is 20.0. The van der Waals surface area contributed by atoms with Crippen LogP contribution in [-0.2, 0) is 4.79 Å². The molecule has 0 unspecified atom stereocenters. The number of hydrogen-bond donors (Lipinski definition) is 0. The first-order valence-electron chi connectivity index (χ1n) is 8.33. The third kappa shape index (κ3) is 4.46. The first-order chi connectivity index (χ1) is 12.4. The van der Waals surface area contributed by atoms with Gasteiger partial charge in [-0.2, -0.15) is 4.68 Å². The minimum absolute atomic E-state index is 0.0573. The molecule has 0 N–H and O–H groups in total. The van der Waals surface area contributed by atoms with Crippen LogP contribution in [0.3, 0.4) is 0 Å². The number of ether oxygens (including phenoxy) is 2. The van der Waals surface area contributed by atoms with Crippen LogP contribution in [0.5, 0.6) is 11.5 Å². The summed E-state index contributed by atoms with van der Waals surface area (Å²) >= 11 is 1.31. The van der Waals surface area contributed by atoms with E-state index < -0.39 is 0 Å². The van der Waals surface area contributed by atoms with E-state index in [1.807, 2.05) is 38.7 Å². The molecule has 142 valence electrons. The van der Waals surface area contributed by atoms with Crippen LogP contribution in [0, 0.1) is 0 Å². The summed E-state index contributed by atoms with van der Waals surface area (Å²) in [5.41, 5.74) is 0.729. The van der Waals surface area contributed by atoms with Crippen LogP contribution in [0.2, 0.25) is 0 Å². The maximum atomic E-state index is 12.5. The summed E-state index contributed by atoms with van der Waals surface area (Å²) in [6.45, 7) is 8.04. The molecule has 0 aliphatic heterocycles. The minimum Gasteiger partial charge on any atom is -0.493 e. The minimum atomic E-state index is 0.0573. The number of methoxy groups -OCH3 is 2. The Morgan fingerprint density at radius 3 is 2.38 bits per heavy atom. The van der Waals surface area contributed by atoms with Crippen molar-refractivity contribution in [2.45, 2.75) is 44.9 Å². The van der Waals surface area contributed by atoms with Gasteiger partial charge in [0.25, 0.3) is 0 Å². The van der Waals surface area contributed by atoms with Crippen molar-refractivity contribution >= 4 is 17.7 Å². The third-order valence-electron chi connectivity index (χ3n) is 3.78. The second-order valence-electron chi connectivity index (χ2n) is 6.19. The number of benzene rings is 1. The number of rotatable bonds is 8. The molecule has 26 heavy (non-hydrogen) atoms. The molecule has 0 radical (unpaired) electrons. The van der Waals surface area contributed by atoms with E-state index in [1.54, 1.807) is 31.0 Å². The molecule has 0 fully saturated rings. The van der Waals surface area contributed by atoms with Gasteiger partial charge in [0.2, 0.25) is 11.1 Å². The van der Waals surface area contributed by atoms with Gasteiger partial charge in [-0.05, 0) is 50.3 Å². The standard InChI is InChI=1S/C17H25N5O3S/c1-11(2)21(12(3)4)16(23)10-26-17-18-19-20-22(17)13-7-8-14(24-5)15(9-13)25-6/h7-9,11-12H,10H2,1-6H3. The summed E-state index contributed by atoms with van der Waals surface area (Å²) in [4.78, 5) is 14.4. The molecule has 1 aromatic heterocycles. The lowest BCUT2D eigenvalue weighted by molar-refractivity contribution is -0.131. The Morgan fingerprint density at radius 1 is 1.15 bits per heavy atom. The van der Waals surface area contributed by atoms with Crippen LogP contribution < -0.4 is 9.47 Å². The molecule has 1 amide bonds. The van der Waals surface area contributed by atoms with Crippen molar-refractivity contribution in [1.29, 1.82) is 0 Å². The maximum absolute atomic E-state index is 12.5. The van der Waals surface area contributed by atoms with Crippen LogP contribution >= 0.6 is 11.8 Å². The number of carbonyl (C=O) groups is 1. The summed E-state index contributed by atoms with van der Waals surface area (Å²) in [6, 6.07) is 5.69. The number of carbonyl (C=O) groups excluding carboxylic acids is 1. The van der Waals surface area contributed by atoms with Crippen molar-refractivity contribution in [3.8, 4) is 17.2 Å². The summed E-state index contributed by atoms with van der Waals surface area (Å²) in [6.07, 6.45) is 0. The smallest absolute Gasteiger partial charge is 0.233 e. The summed E-state index contributed by atoms with van der Waals surface area (Å²) in [7, 11) is 3.15. The molecule has 0 atom stereocenters. The Labute approximate surface area is 157 Å². The Morgan fingerprint density at radius 2 is 1.81 bits per heavy atom. The van der Waals surface area contributed by atoms with E-state index in [2.05, 4.69) is 15.5 Å². The molecule has 0 aliphatic rings. The van der Waals surface area contributed by atoms with E-state index in [1.165, 1.54) is 11.8 Å². The molecule has 1 heterocycles. The zero-order valence-corrected chi connectivity index (χ0v) is 16.8. The fraction of sp³-hybridized carbons (Fsp3) is 0.529. The predicted molar refractivity (Wildman–Crippen MR) is 100 cm³/mol. The fourth-order valence-corrected chi connectivity index (χ4v) is 3.52. The van der Waals surface area contributed by atoms with Crippen molar-refractivity contribution in [3.63, 3.8) is 0 Å². The zero-order valence-electron chi connectivity index (χ0n) is 16.0. The van der Waals surface area contributed by atoms with E-state index in [4.69, 9.17) is 9.47 Å². The van der Waals surface area contributed by atoms with Crippen molar-refractivity contribution < 1.29 is 14.3 Å². The Bertz CT molecular complexity index is 740. The molecule has 0 spiro atoms. The summed E-state index contributed by atoms with van der Waals surface area (Å²) in [5.74, 6) is 1.53. The molecular weight excluding hydrogens is 354 g/mol. The van der Waals surface area contributed by atoms with Crippen molar-refractivity contribution in [3.05, 3.63) is 18.2 Å². The van der Waals surface area contributed by atoms with Crippen LogP contribution in [0.4, 0.5) is 0 Å². The van der Waals surface area contributed by atoms with Gasteiger partial charge in [0.15, 0.2) is 11.5 Å². The highest BCUT2D eigenvalue weighted by Gasteiger charge is 2.21. The normalized spacial score (nSPS) is 11.1. The van der Waals surface area contributed by atoms with Gasteiger partial charge in [0.05, 0.1) is 25.7 Å². The number of nitrogens with zero attached hydrogens (tertiary/aromatic N) is 5. The maximum Gasteiger partial charge on any atom is 0.233 e. The van der Waals surface area contributed by atoms with Gasteiger partial charge >= 0.3 is 0 Å². The molecule has 2 rings (SSSR count). The molecule has 1 aromatic carbocycles. The quantitative estimate of drug-likeness (QED) is 0.651. The molecule has 9 heteroatoms. The Kier molecular flexibility index (Phi) is 6.84. The van der Waals surface area contributed by atoms with E-state index >= 15 is 0 Å². The average Bonchev–Trinajstić information content (AvgIpc) is 3.07. The third-order valence-corrected chi connectivity index (χ3v) is 4.68. The van der Waals surface area contributed by atoms with Gasteiger partial charge in [-0.25, -0.2) is 0 Å². The number of thioether (sulfide) groups is 1. The highest BCUT2D eigenvalue weighted by molar-refractivity contribution is 7.99. The number of tetrazole rings is 1. The number of amides is 1. The topological polar surface area (TPSA) is 82.4 Å². The Hall–Kier alpha value is -2.29. The molecule has 2 aromatic rings. The fourth-order valence-electron chi connectivity index (χ4n) is 2.76. The van der Waals surface area contributed by atoms with Crippen LogP contribution in [-0.4, -0.2) is 63.1 Å². The molecule has 0 saturated carbocycles. The first-order valence-corrected chi connectivity index (χ1v) is 9.32. The molecule has 0 bridgehead atoms. The van der Waals surface area contributed by atoms with Crippen LogP contribution in [0.25, 0.3) is 5.69 Å². The van der Waals surface area contributed by atoms with Gasteiger partial charge in [-0.1, -0.05) is 11.8 Å². The molecule has 0 saturated heterocycles. The number of hydrogen-bond acceptors (Lipinski definition) is 7. The summed E-state index contributed by atoms with van der Waals surface area (Å²) < 4.78 is 12.1. The molecule has 0 aliphatic carbocycles. The lowest BCUT2D eigenvalue weighted by atomic mass is 10.2. The predicted octanol–water partition coefficient (Wildman–Crippen LogP) is 2.42. The van der Waals surface area contributed by atoms with Gasteiger partial charge in [-0.15, -0.1) is 5.10 Å². The zero-order chi connectivity index (χ0) is 19.3. The van der Waals surface area contributed by atoms with E-state index in [0.717, 1.165) is 5.69 Å². The van der Waals surface area contributed by atoms with Crippen molar-refractivity contribution in [1.82, 2.24) is 25.1 Å². The van der Waals surface area contributed by atoms with Gasteiger partial charge in [0.1, 0.15) is 0 Å². The highest BCUT2D eigenvalue weighted by atomic mass is 32.2. The average molecular weight is 379 g/mol. The van der Waals surface area contributed by atoms with E-state index in [0.29, 0.717) is 16.7 Å². The largest absolute Gasteiger partial charge is 0.493 e. The summed E-state index contributed by atoms with van der Waals surface area (Å²) in [5, 5.41) is 12.3. The SMILES string of the molecule is COc1ccc(-n2nnnc2SCC(=O)N(C(C)C)C(C)C)cc1OC. The van der Waals surface area contributed by atoms with Gasteiger partial charge in [-0.3, -0.25) is 4.79 Å². The monoisotopic (exact) mass is 379 g/mol. The highest BCUT2D eigenvalue weighted by Crippen LogP contribution is 2.30. The lowest BCUT2D eigenvalue weighted by Crippen LogP contribution is -2.43.